The van der Waals surface area contributed by atoms with Crippen molar-refractivity contribution in [3.05, 3.63) is 71.3 Å². The average molecular weight is 442 g/mol. The van der Waals surface area contributed by atoms with Crippen LogP contribution in [0.1, 0.15) is 42.5 Å². The van der Waals surface area contributed by atoms with Gasteiger partial charge in [0.05, 0.1) is 16.4 Å². The van der Waals surface area contributed by atoms with Crippen LogP contribution in [-0.4, -0.2) is 28.9 Å². The Balaban J connectivity index is 1.94. The van der Waals surface area contributed by atoms with E-state index in [9.17, 15) is 10.5 Å². The Labute approximate surface area is 194 Å². The van der Waals surface area contributed by atoms with Gasteiger partial charge < -0.3 is 0 Å². The molecular weight excluding hydrogens is 424 g/mol. The van der Waals surface area contributed by atoms with E-state index in [2.05, 4.69) is 28.2 Å². The maximum atomic E-state index is 9.64. The summed E-state index contributed by atoms with van der Waals surface area (Å²) in [6.45, 7) is 6.21. The third-order valence-electron chi connectivity index (χ3n) is 5.98. The molecule has 0 saturated carbocycles. The number of fused-ring (bicyclic) bond motifs is 7. The van der Waals surface area contributed by atoms with Crippen molar-refractivity contribution in [1.29, 1.82) is 10.5 Å². The lowest BCUT2D eigenvalue weighted by atomic mass is 10.2. The molecule has 0 N–H and O–H groups in total. The number of para-hydroxylation sites is 2. The van der Waals surface area contributed by atoms with Crippen LogP contribution in [0.3, 0.4) is 0 Å². The van der Waals surface area contributed by atoms with Gasteiger partial charge in [0.25, 0.3) is 0 Å². The largest absolute Gasteiger partial charge is 0.279 e. The molecule has 162 valence electrons. The molecule has 0 amide bonds. The molecule has 6 aromatic rings. The highest BCUT2D eigenvalue weighted by Crippen LogP contribution is 2.35. The molecule has 0 saturated heterocycles. The molecule has 4 heterocycles. The predicted octanol–water partition coefficient (Wildman–Crippen LogP) is 4.94. The minimum atomic E-state index is -0.0136. The Kier molecular flexibility index (Phi) is 4.14. The van der Waals surface area contributed by atoms with E-state index in [4.69, 9.17) is 9.97 Å². The topological polar surface area (TPSA) is 108 Å². The molecule has 0 radical (unpaired) electrons. The highest BCUT2D eigenvalue weighted by Gasteiger charge is 2.25. The van der Waals surface area contributed by atoms with Gasteiger partial charge in [0.2, 0.25) is 0 Å². The van der Waals surface area contributed by atoms with Gasteiger partial charge in [-0.3, -0.25) is 8.97 Å². The summed E-state index contributed by atoms with van der Waals surface area (Å²) in [5.41, 5.74) is 6.01. The van der Waals surface area contributed by atoms with Crippen molar-refractivity contribution in [2.45, 2.75) is 26.7 Å². The minimum Gasteiger partial charge on any atom is -0.279 e. The maximum Gasteiger partial charge on any atom is 0.179 e. The van der Waals surface area contributed by atoms with Crippen LogP contribution in [0.25, 0.3) is 44.6 Å². The number of aromatic nitrogens is 6. The van der Waals surface area contributed by atoms with Crippen LogP contribution in [0, 0.1) is 29.6 Å². The highest BCUT2D eigenvalue weighted by molar-refractivity contribution is 6.12. The van der Waals surface area contributed by atoms with E-state index < -0.39 is 0 Å². The monoisotopic (exact) mass is 442 g/mol. The fourth-order valence-corrected chi connectivity index (χ4v) is 4.52. The van der Waals surface area contributed by atoms with Gasteiger partial charge in [-0.15, -0.1) is 0 Å². The number of nitrogens with zero attached hydrogens (tertiary/aromatic N) is 8. The Bertz CT molecular complexity index is 1880. The Morgan fingerprint density at radius 3 is 2.32 bits per heavy atom. The van der Waals surface area contributed by atoms with E-state index in [1.54, 1.807) is 0 Å². The zero-order valence-electron chi connectivity index (χ0n) is 18.8. The first-order valence-electron chi connectivity index (χ1n) is 10.9. The highest BCUT2D eigenvalue weighted by atomic mass is 15.2. The van der Waals surface area contributed by atoms with Gasteiger partial charge >= 0.3 is 0 Å². The zero-order chi connectivity index (χ0) is 23.6. The van der Waals surface area contributed by atoms with Gasteiger partial charge in [0.15, 0.2) is 28.3 Å². The SMILES string of the molecule is Cc1cccc(-n2c3nc(C#N)c(C#N)nc3c3c2nc(C(C)C)n2c4ccccc4nc32)c1. The number of imidazole rings is 1. The van der Waals surface area contributed by atoms with E-state index in [0.29, 0.717) is 27.8 Å². The molecule has 0 aliphatic carbocycles. The molecule has 2 aromatic carbocycles. The van der Waals surface area contributed by atoms with E-state index in [1.165, 1.54) is 0 Å². The second-order valence-corrected chi connectivity index (χ2v) is 8.57. The first-order chi connectivity index (χ1) is 16.5. The van der Waals surface area contributed by atoms with Crippen LogP contribution in [0.5, 0.6) is 0 Å². The third-order valence-corrected chi connectivity index (χ3v) is 5.98. The smallest absolute Gasteiger partial charge is 0.179 e. The summed E-state index contributed by atoms with van der Waals surface area (Å²) < 4.78 is 3.98. The van der Waals surface area contributed by atoms with E-state index >= 15 is 0 Å². The lowest BCUT2D eigenvalue weighted by Crippen LogP contribution is -2.06. The normalized spacial score (nSPS) is 11.6. The van der Waals surface area contributed by atoms with Gasteiger partial charge in [-0.2, -0.15) is 10.5 Å². The molecule has 0 unspecified atom stereocenters. The first-order valence-corrected chi connectivity index (χ1v) is 10.9. The number of benzene rings is 2. The van der Waals surface area contributed by atoms with E-state index in [1.807, 2.05) is 72.2 Å². The fourth-order valence-electron chi connectivity index (χ4n) is 4.52. The summed E-state index contributed by atoms with van der Waals surface area (Å²) in [5, 5.41) is 20.0. The summed E-state index contributed by atoms with van der Waals surface area (Å²) in [5.74, 6) is 0.965. The number of aryl methyl sites for hydroxylation is 1. The number of rotatable bonds is 2. The molecule has 34 heavy (non-hydrogen) atoms. The van der Waals surface area contributed by atoms with Crippen molar-refractivity contribution >= 4 is 38.9 Å². The van der Waals surface area contributed by atoms with Crippen LogP contribution < -0.4 is 0 Å². The van der Waals surface area contributed by atoms with Gasteiger partial charge in [-0.1, -0.05) is 38.1 Å². The van der Waals surface area contributed by atoms with Gasteiger partial charge in [-0.25, -0.2) is 19.9 Å². The van der Waals surface area contributed by atoms with Crippen LogP contribution >= 0.6 is 0 Å². The molecule has 0 spiro atoms. The molecule has 0 atom stereocenters. The summed E-state index contributed by atoms with van der Waals surface area (Å²) in [6, 6.07) is 19.9. The van der Waals surface area contributed by atoms with Gasteiger partial charge in [-0.05, 0) is 36.8 Å². The first kappa shape index (κ1) is 19.8. The standard InChI is InChI=1S/C26H18N8/c1-14(2)23-32-25-21(24-30-17-9-4-5-10-20(17)34(23)24)22-26(31-19(13-28)18(12-27)29-22)33(25)16-8-6-7-15(3)11-16/h4-11,14H,1-3H3. The van der Waals surface area contributed by atoms with Gasteiger partial charge in [0.1, 0.15) is 23.5 Å². The summed E-state index contributed by atoms with van der Waals surface area (Å²) >= 11 is 0. The minimum absolute atomic E-state index is 0.0134. The molecule has 8 heteroatoms. The van der Waals surface area contributed by atoms with Crippen molar-refractivity contribution in [3.8, 4) is 17.8 Å². The molecule has 4 aromatic heterocycles. The van der Waals surface area contributed by atoms with Crippen LogP contribution in [0.4, 0.5) is 0 Å². The van der Waals surface area contributed by atoms with Crippen molar-refractivity contribution in [3.63, 3.8) is 0 Å². The fraction of sp³-hybridized carbons (Fsp3) is 0.154. The predicted molar refractivity (Wildman–Crippen MR) is 129 cm³/mol. The molecular formula is C26H18N8. The average Bonchev–Trinajstić information content (AvgIpc) is 3.37. The van der Waals surface area contributed by atoms with Crippen molar-refractivity contribution in [2.75, 3.05) is 0 Å². The van der Waals surface area contributed by atoms with Gasteiger partial charge in [0, 0.05) is 11.6 Å². The lowest BCUT2D eigenvalue weighted by Gasteiger charge is -2.12. The second-order valence-electron chi connectivity index (χ2n) is 8.57. The summed E-state index contributed by atoms with van der Waals surface area (Å²) in [7, 11) is 0. The Morgan fingerprint density at radius 2 is 1.59 bits per heavy atom. The molecule has 0 fully saturated rings. The number of hydrogen-bond acceptors (Lipinski definition) is 6. The molecule has 0 aliphatic rings. The van der Waals surface area contributed by atoms with Crippen molar-refractivity contribution in [1.82, 2.24) is 28.9 Å². The summed E-state index contributed by atoms with van der Waals surface area (Å²) in [4.78, 5) is 19.3. The Morgan fingerprint density at radius 1 is 0.824 bits per heavy atom. The molecule has 0 aliphatic heterocycles. The van der Waals surface area contributed by atoms with E-state index in [0.717, 1.165) is 28.1 Å². The summed E-state index contributed by atoms with van der Waals surface area (Å²) in [6.07, 6.45) is 0. The Hall–Kier alpha value is -4.82. The number of nitriles is 2. The molecule has 0 bridgehead atoms. The quantitative estimate of drug-likeness (QED) is 0.376. The second kappa shape index (κ2) is 7.09. The molecule has 6 rings (SSSR count). The van der Waals surface area contributed by atoms with Crippen molar-refractivity contribution in [2.24, 2.45) is 0 Å². The van der Waals surface area contributed by atoms with E-state index in [-0.39, 0.29) is 17.3 Å². The van der Waals surface area contributed by atoms with Crippen molar-refractivity contribution < 1.29 is 0 Å². The zero-order valence-corrected chi connectivity index (χ0v) is 18.8. The lowest BCUT2D eigenvalue weighted by molar-refractivity contribution is 0.765. The molecule has 8 nitrogen and oxygen atoms in total. The number of hydrogen-bond donors (Lipinski definition) is 0. The third kappa shape index (κ3) is 2.63. The van der Waals surface area contributed by atoms with Crippen LogP contribution in [-0.2, 0) is 0 Å². The van der Waals surface area contributed by atoms with Crippen LogP contribution in [0.15, 0.2) is 48.5 Å². The maximum absolute atomic E-state index is 9.64. The van der Waals surface area contributed by atoms with Crippen LogP contribution in [0.2, 0.25) is 0 Å².